The number of hydrogen-bond donors (Lipinski definition) is 2. The number of carbonyl (C=O) groups is 2. The highest BCUT2D eigenvalue weighted by Gasteiger charge is 2.53. The van der Waals surface area contributed by atoms with Gasteiger partial charge < -0.3 is 14.7 Å². The molecule has 4 rings (SSSR count). The van der Waals surface area contributed by atoms with Crippen LogP contribution in [0.15, 0.2) is 54.6 Å². The SMILES string of the molecule is Cc1cc(C)nc(O[C@H](C(=O)O)[C@]2(c3ccccc3F)NCC(=O)N(C)c3ccccc32)n1. The summed E-state index contributed by atoms with van der Waals surface area (Å²) in [5, 5.41) is 13.4. The molecule has 33 heavy (non-hydrogen) atoms. The second kappa shape index (κ2) is 8.59. The van der Waals surface area contributed by atoms with Crippen molar-refractivity contribution in [3.05, 3.63) is 82.9 Å². The third-order valence-electron chi connectivity index (χ3n) is 5.68. The van der Waals surface area contributed by atoms with Gasteiger partial charge in [0.05, 0.1) is 6.54 Å². The number of para-hydroxylation sites is 1. The maximum absolute atomic E-state index is 15.3. The van der Waals surface area contributed by atoms with Crippen LogP contribution in [0.5, 0.6) is 6.01 Å². The van der Waals surface area contributed by atoms with E-state index in [1.54, 1.807) is 57.3 Å². The molecule has 2 heterocycles. The Labute approximate surface area is 190 Å². The molecule has 2 atom stereocenters. The predicted molar refractivity (Wildman–Crippen MR) is 119 cm³/mol. The minimum Gasteiger partial charge on any atom is -0.478 e. The number of carboxylic acid groups (broad SMARTS) is 1. The molecule has 1 aliphatic heterocycles. The molecule has 0 unspecified atom stereocenters. The number of amides is 1. The molecule has 1 amide bonds. The van der Waals surface area contributed by atoms with E-state index in [1.807, 2.05) is 0 Å². The molecule has 9 heteroatoms. The number of rotatable bonds is 5. The van der Waals surface area contributed by atoms with Gasteiger partial charge in [-0.15, -0.1) is 0 Å². The Balaban J connectivity index is 2.02. The lowest BCUT2D eigenvalue weighted by Gasteiger charge is -2.39. The monoisotopic (exact) mass is 450 g/mol. The standard InChI is InChI=1S/C24H23FN4O4/c1-14-12-15(2)28-23(27-14)33-21(22(31)32)24(16-8-4-6-10-18(16)25)17-9-5-7-11-19(17)29(3)20(30)13-26-24/h4-12,21,26H,13H2,1-3H3,(H,31,32)/t21-,24-/m1/s1. The Morgan fingerprint density at radius 2 is 1.73 bits per heavy atom. The lowest BCUT2D eigenvalue weighted by atomic mass is 9.76. The molecule has 0 bridgehead atoms. The summed E-state index contributed by atoms with van der Waals surface area (Å²) >= 11 is 0. The van der Waals surface area contributed by atoms with Crippen molar-refractivity contribution < 1.29 is 23.8 Å². The van der Waals surface area contributed by atoms with Crippen LogP contribution < -0.4 is 15.0 Å². The van der Waals surface area contributed by atoms with Gasteiger partial charge in [0.25, 0.3) is 0 Å². The van der Waals surface area contributed by atoms with E-state index in [0.717, 1.165) is 0 Å². The van der Waals surface area contributed by atoms with Gasteiger partial charge in [-0.25, -0.2) is 19.2 Å². The molecule has 3 aromatic rings. The van der Waals surface area contributed by atoms with Gasteiger partial charge in [-0.05, 0) is 32.0 Å². The number of nitrogens with zero attached hydrogens (tertiary/aromatic N) is 3. The Hall–Kier alpha value is -3.85. The van der Waals surface area contributed by atoms with Crippen molar-refractivity contribution in [1.29, 1.82) is 0 Å². The summed E-state index contributed by atoms with van der Waals surface area (Å²) in [7, 11) is 1.59. The second-order valence-electron chi connectivity index (χ2n) is 7.88. The number of halogens is 1. The predicted octanol–water partition coefficient (Wildman–Crippen LogP) is 2.57. The summed E-state index contributed by atoms with van der Waals surface area (Å²) in [5.41, 5.74) is 0.246. The van der Waals surface area contributed by atoms with Crippen LogP contribution in [0, 0.1) is 19.7 Å². The number of aliphatic carboxylic acids is 1. The fourth-order valence-corrected chi connectivity index (χ4v) is 4.23. The van der Waals surface area contributed by atoms with Gasteiger partial charge in [0.1, 0.15) is 11.4 Å². The summed E-state index contributed by atoms with van der Waals surface area (Å²) in [6.45, 7) is 3.22. The van der Waals surface area contributed by atoms with E-state index >= 15 is 4.39 Å². The maximum atomic E-state index is 15.3. The van der Waals surface area contributed by atoms with Crippen molar-refractivity contribution in [2.75, 3.05) is 18.5 Å². The highest BCUT2D eigenvalue weighted by atomic mass is 19.1. The van der Waals surface area contributed by atoms with E-state index in [2.05, 4.69) is 15.3 Å². The molecular weight excluding hydrogens is 427 g/mol. The first-order valence-corrected chi connectivity index (χ1v) is 10.3. The summed E-state index contributed by atoms with van der Waals surface area (Å²) < 4.78 is 21.2. The van der Waals surface area contributed by atoms with Crippen molar-refractivity contribution in [1.82, 2.24) is 15.3 Å². The Morgan fingerprint density at radius 1 is 1.12 bits per heavy atom. The molecule has 1 aromatic heterocycles. The minimum absolute atomic E-state index is 0.0253. The first kappa shape index (κ1) is 22.3. The largest absolute Gasteiger partial charge is 0.478 e. The van der Waals surface area contributed by atoms with Crippen LogP contribution in [0.1, 0.15) is 22.5 Å². The molecular formula is C24H23FN4O4. The van der Waals surface area contributed by atoms with Crippen LogP contribution in [0.2, 0.25) is 0 Å². The van der Waals surface area contributed by atoms with Gasteiger partial charge in [-0.1, -0.05) is 36.4 Å². The van der Waals surface area contributed by atoms with E-state index in [0.29, 0.717) is 22.6 Å². The lowest BCUT2D eigenvalue weighted by molar-refractivity contribution is -0.149. The molecule has 0 saturated carbocycles. The minimum atomic E-state index is -1.77. The van der Waals surface area contributed by atoms with Gasteiger partial charge in [0.2, 0.25) is 12.0 Å². The molecule has 170 valence electrons. The number of aromatic nitrogens is 2. The number of hydrogen-bond acceptors (Lipinski definition) is 6. The van der Waals surface area contributed by atoms with Crippen LogP contribution >= 0.6 is 0 Å². The van der Waals surface area contributed by atoms with Gasteiger partial charge in [0, 0.05) is 35.2 Å². The first-order valence-electron chi connectivity index (χ1n) is 10.3. The fraction of sp³-hybridized carbons (Fsp3) is 0.250. The number of nitrogens with one attached hydrogen (secondary N) is 1. The van der Waals surface area contributed by atoms with Gasteiger partial charge in [-0.3, -0.25) is 10.1 Å². The summed E-state index contributed by atoms with van der Waals surface area (Å²) in [4.78, 5) is 35.3. The van der Waals surface area contributed by atoms with Crippen molar-refractivity contribution in [2.24, 2.45) is 0 Å². The van der Waals surface area contributed by atoms with Crippen LogP contribution in [0.3, 0.4) is 0 Å². The molecule has 2 aromatic carbocycles. The molecule has 0 saturated heterocycles. The number of carboxylic acids is 1. The molecule has 0 fully saturated rings. The Kier molecular flexibility index (Phi) is 5.82. The van der Waals surface area contributed by atoms with Crippen LogP contribution in [0.4, 0.5) is 10.1 Å². The Bertz CT molecular complexity index is 1210. The lowest BCUT2D eigenvalue weighted by Crippen LogP contribution is -2.59. The number of likely N-dealkylation sites (N-methyl/N-ethyl adjacent to an activating group) is 1. The van der Waals surface area contributed by atoms with Gasteiger partial charge in [0.15, 0.2) is 0 Å². The molecule has 2 N–H and O–H groups in total. The summed E-state index contributed by atoms with van der Waals surface area (Å²) in [6.07, 6.45) is -1.71. The quantitative estimate of drug-likeness (QED) is 0.616. The molecule has 1 aliphatic rings. The number of fused-ring (bicyclic) bond motifs is 1. The van der Waals surface area contributed by atoms with Crippen LogP contribution in [-0.4, -0.2) is 46.6 Å². The molecule has 0 aliphatic carbocycles. The molecule has 0 spiro atoms. The van der Waals surface area contributed by atoms with Gasteiger partial charge in [-0.2, -0.15) is 0 Å². The number of benzene rings is 2. The normalized spacial score (nSPS) is 18.9. The zero-order valence-electron chi connectivity index (χ0n) is 18.4. The van der Waals surface area contributed by atoms with Gasteiger partial charge >= 0.3 is 12.0 Å². The van der Waals surface area contributed by atoms with Crippen LogP contribution in [0.25, 0.3) is 0 Å². The van der Waals surface area contributed by atoms with Crippen molar-refractivity contribution in [3.63, 3.8) is 0 Å². The van der Waals surface area contributed by atoms with Crippen molar-refractivity contribution in [2.45, 2.75) is 25.5 Å². The average Bonchev–Trinajstić information content (AvgIpc) is 2.88. The highest BCUT2D eigenvalue weighted by molar-refractivity contribution is 5.97. The molecule has 0 radical (unpaired) electrons. The summed E-state index contributed by atoms with van der Waals surface area (Å²) in [5.74, 6) is -2.33. The molecule has 8 nitrogen and oxygen atoms in total. The van der Waals surface area contributed by atoms with Crippen molar-refractivity contribution >= 4 is 17.6 Å². The second-order valence-corrected chi connectivity index (χ2v) is 7.88. The summed E-state index contributed by atoms with van der Waals surface area (Å²) in [6, 6.07) is 14.2. The topological polar surface area (TPSA) is 105 Å². The zero-order chi connectivity index (χ0) is 23.8. The number of anilines is 1. The third kappa shape index (κ3) is 3.91. The van der Waals surface area contributed by atoms with E-state index in [4.69, 9.17) is 4.74 Å². The number of carbonyl (C=O) groups excluding carboxylic acids is 1. The number of ether oxygens (including phenoxy) is 1. The maximum Gasteiger partial charge on any atom is 0.347 e. The number of aryl methyl sites for hydroxylation is 2. The van der Waals surface area contributed by atoms with Crippen molar-refractivity contribution in [3.8, 4) is 6.01 Å². The fourth-order valence-electron chi connectivity index (χ4n) is 4.23. The van der Waals surface area contributed by atoms with Crippen LogP contribution in [-0.2, 0) is 15.1 Å². The van der Waals surface area contributed by atoms with E-state index in [-0.39, 0.29) is 24.0 Å². The van der Waals surface area contributed by atoms with E-state index in [9.17, 15) is 14.7 Å². The average molecular weight is 450 g/mol. The zero-order valence-corrected chi connectivity index (χ0v) is 18.4. The first-order chi connectivity index (χ1) is 15.7. The smallest absolute Gasteiger partial charge is 0.347 e. The highest BCUT2D eigenvalue weighted by Crippen LogP contribution is 2.42. The Morgan fingerprint density at radius 3 is 2.36 bits per heavy atom. The van der Waals surface area contributed by atoms with E-state index in [1.165, 1.54) is 23.1 Å². The third-order valence-corrected chi connectivity index (χ3v) is 5.68. The van der Waals surface area contributed by atoms with E-state index < -0.39 is 23.4 Å².